The van der Waals surface area contributed by atoms with Gasteiger partial charge in [0.2, 0.25) is 5.91 Å². The predicted octanol–water partition coefficient (Wildman–Crippen LogP) is 4.15. The number of rotatable bonds is 5. The zero-order valence-electron chi connectivity index (χ0n) is 16.7. The van der Waals surface area contributed by atoms with Crippen molar-refractivity contribution in [1.82, 2.24) is 14.7 Å². The standard InChI is InChI=1S/C24H24BrN3O2/c25-21-8-6-20(7-9-21)22-10-11-23(29)28(26-22)17-24(30)27-14-12-19(13-15-27)16-18-4-2-1-3-5-18/h1-11,19H,12-17H2. The van der Waals surface area contributed by atoms with Crippen molar-refractivity contribution in [1.29, 1.82) is 0 Å². The van der Waals surface area contributed by atoms with E-state index in [4.69, 9.17) is 0 Å². The second-order valence-corrected chi connectivity index (χ2v) is 8.65. The zero-order valence-corrected chi connectivity index (χ0v) is 18.3. The Kier molecular flexibility index (Phi) is 6.43. The molecule has 0 saturated carbocycles. The molecule has 1 saturated heterocycles. The first-order valence-corrected chi connectivity index (χ1v) is 11.0. The van der Waals surface area contributed by atoms with Gasteiger partial charge in [-0.2, -0.15) is 5.10 Å². The quantitative estimate of drug-likeness (QED) is 0.568. The number of halogens is 1. The highest BCUT2D eigenvalue weighted by Crippen LogP contribution is 2.22. The normalized spacial score (nSPS) is 14.6. The van der Waals surface area contributed by atoms with Crippen molar-refractivity contribution in [2.24, 2.45) is 5.92 Å². The number of piperidine rings is 1. The molecule has 0 aliphatic carbocycles. The number of hydrogen-bond acceptors (Lipinski definition) is 3. The van der Waals surface area contributed by atoms with Gasteiger partial charge in [-0.15, -0.1) is 0 Å². The van der Waals surface area contributed by atoms with Gasteiger partial charge >= 0.3 is 0 Å². The molecule has 1 amide bonds. The molecule has 0 radical (unpaired) electrons. The first-order valence-electron chi connectivity index (χ1n) is 10.2. The molecule has 3 aromatic rings. The van der Waals surface area contributed by atoms with Crippen molar-refractivity contribution >= 4 is 21.8 Å². The molecule has 1 aliphatic rings. The number of carbonyl (C=O) groups is 1. The molecule has 30 heavy (non-hydrogen) atoms. The fraction of sp³-hybridized carbons (Fsp3) is 0.292. The van der Waals surface area contributed by atoms with Crippen LogP contribution in [0.3, 0.4) is 0 Å². The fourth-order valence-corrected chi connectivity index (χ4v) is 4.16. The third-order valence-electron chi connectivity index (χ3n) is 5.63. The smallest absolute Gasteiger partial charge is 0.267 e. The zero-order chi connectivity index (χ0) is 20.9. The van der Waals surface area contributed by atoms with Crippen molar-refractivity contribution in [3.63, 3.8) is 0 Å². The van der Waals surface area contributed by atoms with Crippen molar-refractivity contribution < 1.29 is 4.79 Å². The minimum Gasteiger partial charge on any atom is -0.341 e. The Morgan fingerprint density at radius 2 is 1.67 bits per heavy atom. The van der Waals surface area contributed by atoms with Crippen LogP contribution in [0.5, 0.6) is 0 Å². The highest BCUT2D eigenvalue weighted by atomic mass is 79.9. The number of aromatic nitrogens is 2. The number of nitrogens with zero attached hydrogens (tertiary/aromatic N) is 3. The lowest BCUT2D eigenvalue weighted by atomic mass is 9.90. The number of hydrogen-bond donors (Lipinski definition) is 0. The maximum absolute atomic E-state index is 12.8. The van der Waals surface area contributed by atoms with Crippen LogP contribution in [0.4, 0.5) is 0 Å². The van der Waals surface area contributed by atoms with Crippen molar-refractivity contribution in [2.75, 3.05) is 13.1 Å². The Morgan fingerprint density at radius 1 is 0.967 bits per heavy atom. The Bertz CT molecular complexity index is 1060. The SMILES string of the molecule is O=C(Cn1nc(-c2ccc(Br)cc2)ccc1=O)N1CCC(Cc2ccccc2)CC1. The van der Waals surface area contributed by atoms with E-state index in [0.717, 1.165) is 42.4 Å². The van der Waals surface area contributed by atoms with Crippen LogP contribution in [-0.2, 0) is 17.8 Å². The number of carbonyl (C=O) groups excluding carboxylic acids is 1. The van der Waals surface area contributed by atoms with Gasteiger partial charge in [-0.25, -0.2) is 4.68 Å². The van der Waals surface area contributed by atoms with Gasteiger partial charge in [-0.05, 0) is 48.9 Å². The van der Waals surface area contributed by atoms with E-state index >= 15 is 0 Å². The van der Waals surface area contributed by atoms with Gasteiger partial charge < -0.3 is 4.90 Å². The lowest BCUT2D eigenvalue weighted by molar-refractivity contribution is -0.133. The van der Waals surface area contributed by atoms with Gasteiger partial charge in [0.05, 0.1) is 5.69 Å². The molecule has 0 unspecified atom stereocenters. The minimum atomic E-state index is -0.261. The lowest BCUT2D eigenvalue weighted by Gasteiger charge is -2.32. The molecular formula is C24H24BrN3O2. The fourth-order valence-electron chi connectivity index (χ4n) is 3.90. The molecule has 154 valence electrons. The van der Waals surface area contributed by atoms with E-state index in [1.54, 1.807) is 6.07 Å². The summed E-state index contributed by atoms with van der Waals surface area (Å²) >= 11 is 3.42. The van der Waals surface area contributed by atoms with Gasteiger partial charge in [-0.1, -0.05) is 58.4 Å². The van der Waals surface area contributed by atoms with Crippen LogP contribution in [0.2, 0.25) is 0 Å². The summed E-state index contributed by atoms with van der Waals surface area (Å²) in [5, 5.41) is 4.42. The third-order valence-corrected chi connectivity index (χ3v) is 6.15. The molecule has 2 heterocycles. The Morgan fingerprint density at radius 3 is 2.37 bits per heavy atom. The van der Waals surface area contributed by atoms with E-state index in [0.29, 0.717) is 11.6 Å². The molecule has 2 aromatic carbocycles. The van der Waals surface area contributed by atoms with Crippen molar-refractivity contribution in [2.45, 2.75) is 25.8 Å². The van der Waals surface area contributed by atoms with E-state index in [1.165, 1.54) is 16.3 Å². The minimum absolute atomic E-state index is 0.0213. The molecule has 4 rings (SSSR count). The van der Waals surface area contributed by atoms with Crippen LogP contribution in [0, 0.1) is 5.92 Å². The van der Waals surface area contributed by atoms with Gasteiger partial charge in [0.25, 0.3) is 5.56 Å². The summed E-state index contributed by atoms with van der Waals surface area (Å²) in [4.78, 5) is 26.9. The topological polar surface area (TPSA) is 55.2 Å². The van der Waals surface area contributed by atoms with Gasteiger partial charge in [0, 0.05) is 29.2 Å². The molecular weight excluding hydrogens is 442 g/mol. The van der Waals surface area contributed by atoms with Crippen LogP contribution in [-0.4, -0.2) is 33.7 Å². The maximum atomic E-state index is 12.8. The average Bonchev–Trinajstić information content (AvgIpc) is 2.77. The lowest BCUT2D eigenvalue weighted by Crippen LogP contribution is -2.42. The average molecular weight is 466 g/mol. The summed E-state index contributed by atoms with van der Waals surface area (Å²) in [7, 11) is 0. The molecule has 5 nitrogen and oxygen atoms in total. The largest absolute Gasteiger partial charge is 0.341 e. The number of benzene rings is 2. The van der Waals surface area contributed by atoms with Gasteiger partial charge in [0.1, 0.15) is 6.54 Å². The summed E-state index contributed by atoms with van der Waals surface area (Å²) in [6.07, 6.45) is 3.03. The van der Waals surface area contributed by atoms with Crippen LogP contribution < -0.4 is 5.56 Å². The van der Waals surface area contributed by atoms with E-state index in [1.807, 2.05) is 35.2 Å². The second kappa shape index (κ2) is 9.39. The molecule has 0 N–H and O–H groups in total. The highest BCUT2D eigenvalue weighted by Gasteiger charge is 2.23. The summed E-state index contributed by atoms with van der Waals surface area (Å²) in [5.41, 5.74) is 2.67. The molecule has 1 aromatic heterocycles. The number of amides is 1. The second-order valence-electron chi connectivity index (χ2n) is 7.74. The predicted molar refractivity (Wildman–Crippen MR) is 121 cm³/mol. The van der Waals surface area contributed by atoms with E-state index in [-0.39, 0.29) is 18.0 Å². The summed E-state index contributed by atoms with van der Waals surface area (Å²) in [5.74, 6) is 0.550. The summed E-state index contributed by atoms with van der Waals surface area (Å²) in [6, 6.07) is 21.4. The van der Waals surface area contributed by atoms with Crippen LogP contribution >= 0.6 is 15.9 Å². The Labute approximate surface area is 184 Å². The Balaban J connectivity index is 1.38. The van der Waals surface area contributed by atoms with Crippen LogP contribution in [0.15, 0.2) is 76.0 Å². The van der Waals surface area contributed by atoms with E-state index in [2.05, 4.69) is 45.3 Å². The monoisotopic (exact) mass is 465 g/mol. The molecule has 1 fully saturated rings. The molecule has 1 aliphatic heterocycles. The molecule has 0 bridgehead atoms. The Hall–Kier alpha value is -2.73. The van der Waals surface area contributed by atoms with E-state index in [9.17, 15) is 9.59 Å². The van der Waals surface area contributed by atoms with Gasteiger partial charge in [-0.3, -0.25) is 9.59 Å². The van der Waals surface area contributed by atoms with Gasteiger partial charge in [0.15, 0.2) is 0 Å². The maximum Gasteiger partial charge on any atom is 0.267 e. The number of likely N-dealkylation sites (tertiary alicyclic amines) is 1. The first kappa shape index (κ1) is 20.5. The van der Waals surface area contributed by atoms with Crippen molar-refractivity contribution in [3.8, 4) is 11.3 Å². The molecule has 0 atom stereocenters. The first-order chi connectivity index (χ1) is 14.6. The third kappa shape index (κ3) is 5.05. The highest BCUT2D eigenvalue weighted by molar-refractivity contribution is 9.10. The molecule has 6 heteroatoms. The molecule has 0 spiro atoms. The van der Waals surface area contributed by atoms with Crippen molar-refractivity contribution in [3.05, 3.63) is 87.1 Å². The van der Waals surface area contributed by atoms with E-state index < -0.39 is 0 Å². The van der Waals surface area contributed by atoms with Crippen LogP contribution in [0.25, 0.3) is 11.3 Å². The van der Waals surface area contributed by atoms with Crippen LogP contribution in [0.1, 0.15) is 18.4 Å². The summed E-state index contributed by atoms with van der Waals surface area (Å²) in [6.45, 7) is 1.45. The summed E-state index contributed by atoms with van der Waals surface area (Å²) < 4.78 is 2.25.